The molecule has 0 unspecified atom stereocenters. The molecule has 2 saturated heterocycles. The summed E-state index contributed by atoms with van der Waals surface area (Å²) in [7, 11) is -1.86. The van der Waals surface area contributed by atoms with E-state index in [1.807, 2.05) is 42.2 Å². The van der Waals surface area contributed by atoms with E-state index in [9.17, 15) is 28.5 Å². The Bertz CT molecular complexity index is 1560. The molecule has 10 nitrogen and oxygen atoms in total. The minimum absolute atomic E-state index is 0.0257. The Morgan fingerprint density at radius 3 is 2.43 bits per heavy atom. The van der Waals surface area contributed by atoms with E-state index in [-0.39, 0.29) is 43.0 Å². The predicted octanol–water partition coefficient (Wildman–Crippen LogP) is 4.79. The molecule has 4 atom stereocenters. The number of carbonyl (C=O) groups excluding carboxylic acids is 1. The quantitative estimate of drug-likeness (QED) is 0.249. The molecule has 14 heteroatoms. The summed E-state index contributed by atoms with van der Waals surface area (Å²) in [5.41, 5.74) is 0.338. The van der Waals surface area contributed by atoms with Crippen molar-refractivity contribution < 1.29 is 33.3 Å². The third-order valence-corrected chi connectivity index (χ3v) is 13.6. The molecular formula is C33H43Cl2N3O7S2. The van der Waals surface area contributed by atoms with Crippen LogP contribution < -0.4 is 0 Å². The monoisotopic (exact) mass is 727 g/mol. The van der Waals surface area contributed by atoms with Crippen LogP contribution in [-0.4, -0.2) is 105 Å². The van der Waals surface area contributed by atoms with Crippen LogP contribution in [-0.2, 0) is 19.6 Å². The fourth-order valence-corrected chi connectivity index (χ4v) is 9.96. The van der Waals surface area contributed by atoms with Gasteiger partial charge in [0, 0.05) is 47.9 Å². The average Bonchev–Trinajstić information content (AvgIpc) is 3.86. The fraction of sp³-hybridized carbons (Fsp3) is 0.576. The molecule has 47 heavy (non-hydrogen) atoms. The number of hydrogen-bond acceptors (Lipinski definition) is 8. The van der Waals surface area contributed by atoms with Gasteiger partial charge in [0.2, 0.25) is 21.0 Å². The number of halogens is 2. The highest BCUT2D eigenvalue weighted by Crippen LogP contribution is 2.54. The number of carbonyl (C=O) groups is 2. The summed E-state index contributed by atoms with van der Waals surface area (Å²) >= 11 is 13.8. The lowest BCUT2D eigenvalue weighted by atomic mass is 9.64. The lowest BCUT2D eigenvalue weighted by molar-refractivity contribution is -0.163. The summed E-state index contributed by atoms with van der Waals surface area (Å²) < 4.78 is 27.3. The number of benzene rings is 2. The number of aliphatic carboxylic acids is 1. The van der Waals surface area contributed by atoms with Gasteiger partial charge in [0.05, 0.1) is 29.7 Å². The van der Waals surface area contributed by atoms with E-state index in [0.717, 1.165) is 22.9 Å². The van der Waals surface area contributed by atoms with Crippen molar-refractivity contribution >= 4 is 56.9 Å². The van der Waals surface area contributed by atoms with Gasteiger partial charge in [0.25, 0.3) is 0 Å². The second kappa shape index (κ2) is 14.5. The normalized spacial score (nSPS) is 26.0. The Hall–Kier alpha value is -1.90. The van der Waals surface area contributed by atoms with Crippen molar-refractivity contribution in [1.29, 1.82) is 0 Å². The smallest absolute Gasteiger partial charge is 0.304 e. The number of sulfonamides is 1. The van der Waals surface area contributed by atoms with Gasteiger partial charge in [0.15, 0.2) is 0 Å². The van der Waals surface area contributed by atoms with E-state index in [1.54, 1.807) is 30.1 Å². The van der Waals surface area contributed by atoms with Gasteiger partial charge >= 0.3 is 5.97 Å². The van der Waals surface area contributed by atoms with Crippen LogP contribution in [0.4, 0.5) is 0 Å². The Morgan fingerprint density at radius 1 is 1.11 bits per heavy atom. The van der Waals surface area contributed by atoms with Gasteiger partial charge in [-0.05, 0) is 81.0 Å². The van der Waals surface area contributed by atoms with Gasteiger partial charge in [-0.3, -0.25) is 14.5 Å². The van der Waals surface area contributed by atoms with Crippen molar-refractivity contribution in [1.82, 2.24) is 14.1 Å². The van der Waals surface area contributed by atoms with Crippen molar-refractivity contribution in [3.63, 3.8) is 0 Å². The summed E-state index contributed by atoms with van der Waals surface area (Å²) in [5, 5.41) is 29.6. The van der Waals surface area contributed by atoms with E-state index in [0.29, 0.717) is 48.2 Å². The van der Waals surface area contributed by atoms with Crippen LogP contribution in [0.25, 0.3) is 0 Å². The Morgan fingerprint density at radius 2 is 1.81 bits per heavy atom. The van der Waals surface area contributed by atoms with E-state index in [4.69, 9.17) is 23.2 Å². The summed E-state index contributed by atoms with van der Waals surface area (Å²) in [5.74, 6) is -1.31. The molecule has 3 fully saturated rings. The first kappa shape index (κ1) is 36.4. The second-order valence-electron chi connectivity index (χ2n) is 13.2. The third-order valence-electron chi connectivity index (χ3n) is 9.75. The number of hydrogen-bond donors (Lipinski definition) is 3. The molecule has 258 valence electrons. The highest BCUT2D eigenvalue weighted by Gasteiger charge is 2.54. The molecule has 1 saturated carbocycles. The fourth-order valence-electron chi connectivity index (χ4n) is 7.09. The van der Waals surface area contributed by atoms with Crippen LogP contribution in [0.5, 0.6) is 0 Å². The number of amides is 1. The molecule has 0 bridgehead atoms. The van der Waals surface area contributed by atoms with Gasteiger partial charge in [-0.25, -0.2) is 12.7 Å². The first-order valence-electron chi connectivity index (χ1n) is 15.9. The van der Waals surface area contributed by atoms with Crippen LogP contribution in [0.15, 0.2) is 48.5 Å². The van der Waals surface area contributed by atoms with Crippen LogP contribution in [0.1, 0.15) is 68.5 Å². The number of carboxylic acid groups (broad SMARTS) is 1. The first-order valence-corrected chi connectivity index (χ1v) is 19.2. The Labute approximate surface area is 291 Å². The van der Waals surface area contributed by atoms with E-state index >= 15 is 4.79 Å². The predicted molar refractivity (Wildman–Crippen MR) is 184 cm³/mol. The number of rotatable bonds is 13. The molecule has 5 rings (SSSR count). The second-order valence-corrected chi connectivity index (χ2v) is 17.8. The Kier molecular flexibility index (Phi) is 11.2. The number of β-amino-alcohol motifs (C(OH)–C–C–N with tert-alkyl or cyclic N) is 2. The van der Waals surface area contributed by atoms with E-state index < -0.39 is 45.0 Å². The van der Waals surface area contributed by atoms with Crippen LogP contribution in [0.2, 0.25) is 10.0 Å². The summed E-state index contributed by atoms with van der Waals surface area (Å²) in [6.45, 7) is 2.92. The van der Waals surface area contributed by atoms with Gasteiger partial charge < -0.3 is 20.2 Å². The zero-order valence-electron chi connectivity index (χ0n) is 26.6. The summed E-state index contributed by atoms with van der Waals surface area (Å²) in [6.07, 6.45) is 1.62. The maximum atomic E-state index is 15.0. The highest BCUT2D eigenvalue weighted by molar-refractivity contribution is 8.00. The van der Waals surface area contributed by atoms with Gasteiger partial charge in [-0.15, -0.1) is 0 Å². The van der Waals surface area contributed by atoms with Crippen molar-refractivity contribution in [2.75, 3.05) is 39.0 Å². The first-order chi connectivity index (χ1) is 22.1. The summed E-state index contributed by atoms with van der Waals surface area (Å²) in [6, 6.07) is 13.7. The molecule has 0 radical (unpaired) electrons. The van der Waals surface area contributed by atoms with E-state index in [1.165, 1.54) is 4.31 Å². The standard InChI is InChI=1S/C33H43Cl2N3O7S2/c1-22(12-14-36(2)47(44,45)27-10-11-27)38-30(23-6-8-25(34)9-7-23)28(24-4-3-5-26(35)18-24)19-32(31(38)41,20-29(39)40)13-15-37-16-17-46-33(42,43)21-37/h3-9,18,22,27-28,30,42-43H,10-17,19-21H2,1-2H3,(H,39,40)/t22-,28+,30+,32+/m0/s1. The van der Waals surface area contributed by atoms with Gasteiger partial charge in [-0.2, -0.15) is 0 Å². The minimum Gasteiger partial charge on any atom is -0.481 e. The van der Waals surface area contributed by atoms with Crippen LogP contribution >= 0.6 is 35.0 Å². The van der Waals surface area contributed by atoms with Gasteiger partial charge in [0.1, 0.15) is 0 Å². The molecule has 1 aliphatic carbocycles. The number of aliphatic hydroxyl groups is 2. The zero-order valence-corrected chi connectivity index (χ0v) is 29.7. The summed E-state index contributed by atoms with van der Waals surface area (Å²) in [4.78, 5) is 31.2. The zero-order chi connectivity index (χ0) is 34.1. The minimum atomic E-state index is -3.43. The maximum Gasteiger partial charge on any atom is 0.304 e. The number of thioether (sulfide) groups is 1. The van der Waals surface area contributed by atoms with Crippen molar-refractivity contribution in [3.8, 4) is 0 Å². The topological polar surface area (TPSA) is 139 Å². The molecule has 2 aromatic carbocycles. The molecule has 3 aliphatic rings. The molecule has 2 aromatic rings. The SMILES string of the molecule is C[C@@H](CCN(C)S(=O)(=O)C1CC1)N1C(=O)[C@@](CCN2CCSC(O)(O)C2)(CC(=O)O)C[C@H](c2cccc(Cl)c2)[C@H]1c1ccc(Cl)cc1. The molecule has 0 spiro atoms. The third kappa shape index (κ3) is 8.46. The molecule has 3 N–H and O–H groups in total. The Balaban J connectivity index is 1.57. The number of nitrogens with zero attached hydrogens (tertiary/aromatic N) is 3. The lowest BCUT2D eigenvalue weighted by Crippen LogP contribution is -2.58. The molecular weight excluding hydrogens is 685 g/mol. The molecule has 0 aromatic heterocycles. The molecule has 2 aliphatic heterocycles. The highest BCUT2D eigenvalue weighted by atomic mass is 35.5. The van der Waals surface area contributed by atoms with Gasteiger partial charge in [-0.1, -0.05) is 59.2 Å². The van der Waals surface area contributed by atoms with Crippen LogP contribution in [0, 0.1) is 5.41 Å². The lowest BCUT2D eigenvalue weighted by Gasteiger charge is -2.53. The van der Waals surface area contributed by atoms with Crippen LogP contribution in [0.3, 0.4) is 0 Å². The van der Waals surface area contributed by atoms with E-state index in [2.05, 4.69) is 0 Å². The number of piperidine rings is 1. The maximum absolute atomic E-state index is 15.0. The molecule has 1 amide bonds. The largest absolute Gasteiger partial charge is 0.481 e. The number of likely N-dealkylation sites (tertiary alicyclic amines) is 1. The van der Waals surface area contributed by atoms with Crippen molar-refractivity contribution in [3.05, 3.63) is 69.7 Å². The number of carboxylic acids is 1. The molecule has 2 heterocycles. The average molecular weight is 729 g/mol. The van der Waals surface area contributed by atoms with Crippen molar-refractivity contribution in [2.24, 2.45) is 5.41 Å². The van der Waals surface area contributed by atoms with Crippen molar-refractivity contribution in [2.45, 2.75) is 73.8 Å².